The van der Waals surface area contributed by atoms with E-state index >= 15 is 0 Å². The van der Waals surface area contributed by atoms with Crippen molar-refractivity contribution in [1.82, 2.24) is 19.9 Å². The van der Waals surface area contributed by atoms with Gasteiger partial charge in [0, 0.05) is 37.8 Å². The minimum absolute atomic E-state index is 0.0198. The highest BCUT2D eigenvalue weighted by molar-refractivity contribution is 5.94. The first-order chi connectivity index (χ1) is 11.7. The molecule has 2 aliphatic heterocycles. The summed E-state index contributed by atoms with van der Waals surface area (Å²) in [5, 5.41) is 3.31. The third-order valence-corrected chi connectivity index (χ3v) is 4.62. The van der Waals surface area contributed by atoms with Crippen LogP contribution in [0, 0.1) is 0 Å². The Hall–Kier alpha value is -2.54. The molecule has 0 aliphatic carbocycles. The van der Waals surface area contributed by atoms with Gasteiger partial charge in [0.1, 0.15) is 0 Å². The van der Waals surface area contributed by atoms with Crippen molar-refractivity contribution < 1.29 is 9.53 Å². The van der Waals surface area contributed by atoms with Crippen molar-refractivity contribution >= 4 is 11.9 Å². The molecule has 0 aromatic carbocycles. The van der Waals surface area contributed by atoms with Gasteiger partial charge in [-0.3, -0.25) is 9.78 Å². The number of aromatic nitrogens is 3. The number of nitrogens with zero attached hydrogens (tertiary/aromatic N) is 4. The minimum atomic E-state index is -0.260. The first-order valence-corrected chi connectivity index (χ1v) is 8.11. The number of pyridine rings is 1. The van der Waals surface area contributed by atoms with Gasteiger partial charge in [0.2, 0.25) is 5.95 Å². The van der Waals surface area contributed by atoms with Crippen molar-refractivity contribution in [2.24, 2.45) is 0 Å². The molecule has 4 heterocycles. The third-order valence-electron chi connectivity index (χ3n) is 4.62. The molecule has 7 nitrogen and oxygen atoms in total. The molecular formula is C17H19N5O2. The highest BCUT2D eigenvalue weighted by Gasteiger charge is 2.47. The van der Waals surface area contributed by atoms with E-state index in [1.165, 1.54) is 0 Å². The van der Waals surface area contributed by atoms with E-state index in [0.717, 1.165) is 12.8 Å². The summed E-state index contributed by atoms with van der Waals surface area (Å²) >= 11 is 0. The summed E-state index contributed by atoms with van der Waals surface area (Å²) in [5.41, 5.74) is 0.365. The molecule has 2 fully saturated rings. The van der Waals surface area contributed by atoms with Gasteiger partial charge in [-0.1, -0.05) is 0 Å². The van der Waals surface area contributed by atoms with E-state index in [4.69, 9.17) is 4.74 Å². The lowest BCUT2D eigenvalue weighted by atomic mass is 9.97. The summed E-state index contributed by atoms with van der Waals surface area (Å²) in [4.78, 5) is 26.8. The van der Waals surface area contributed by atoms with Crippen molar-refractivity contribution in [3.8, 4) is 0 Å². The molecule has 124 valence electrons. The lowest BCUT2D eigenvalue weighted by Crippen LogP contribution is -2.36. The number of likely N-dealkylation sites (tertiary alicyclic amines) is 1. The lowest BCUT2D eigenvalue weighted by molar-refractivity contribution is 0.0125. The van der Waals surface area contributed by atoms with Crippen LogP contribution in [0.25, 0.3) is 0 Å². The Morgan fingerprint density at radius 1 is 1.29 bits per heavy atom. The van der Waals surface area contributed by atoms with Gasteiger partial charge >= 0.3 is 0 Å². The average Bonchev–Trinajstić information content (AvgIpc) is 3.23. The van der Waals surface area contributed by atoms with Crippen molar-refractivity contribution in [1.29, 1.82) is 0 Å². The number of amides is 1. The van der Waals surface area contributed by atoms with Crippen molar-refractivity contribution in [2.75, 3.05) is 25.0 Å². The molecule has 0 bridgehead atoms. The van der Waals surface area contributed by atoms with Gasteiger partial charge in [-0.05, 0) is 24.6 Å². The molecule has 4 rings (SSSR count). The van der Waals surface area contributed by atoms with E-state index in [1.807, 2.05) is 4.90 Å². The first-order valence-electron chi connectivity index (χ1n) is 8.11. The molecule has 2 aliphatic rings. The molecule has 0 radical (unpaired) electrons. The smallest absolute Gasteiger partial charge is 0.255 e. The Balaban J connectivity index is 1.39. The number of hydrogen-bond donors (Lipinski definition) is 1. The fourth-order valence-corrected chi connectivity index (χ4v) is 3.47. The van der Waals surface area contributed by atoms with E-state index < -0.39 is 0 Å². The predicted molar refractivity (Wildman–Crippen MR) is 87.5 cm³/mol. The van der Waals surface area contributed by atoms with Gasteiger partial charge in [0.05, 0.1) is 30.4 Å². The summed E-state index contributed by atoms with van der Waals surface area (Å²) in [7, 11) is 0. The van der Waals surface area contributed by atoms with Crippen LogP contribution in [0.4, 0.5) is 5.95 Å². The average molecular weight is 325 g/mol. The fourth-order valence-electron chi connectivity index (χ4n) is 3.47. The van der Waals surface area contributed by atoms with Crippen molar-refractivity contribution in [2.45, 2.75) is 24.5 Å². The Morgan fingerprint density at radius 2 is 2.17 bits per heavy atom. The molecule has 1 amide bonds. The third kappa shape index (κ3) is 2.94. The number of nitrogens with one attached hydrogen (secondary N) is 1. The standard InChI is InChI=1S/C17H19N5O2/c23-15(13-3-1-5-18-10-13)22-8-4-17(12-22)9-14(11-24-17)21-16-19-6-2-7-20-16/h1-3,5-7,10,14H,4,8-9,11-12H2,(H,19,20,21)/t14-,17+/m0/s1. The summed E-state index contributed by atoms with van der Waals surface area (Å²) in [5.74, 6) is 0.635. The molecule has 1 spiro atoms. The van der Waals surface area contributed by atoms with E-state index in [-0.39, 0.29) is 17.6 Å². The Morgan fingerprint density at radius 3 is 2.96 bits per heavy atom. The molecule has 2 aromatic heterocycles. The first kappa shape index (κ1) is 15.0. The second-order valence-corrected chi connectivity index (χ2v) is 6.33. The second-order valence-electron chi connectivity index (χ2n) is 6.33. The maximum absolute atomic E-state index is 12.6. The zero-order valence-corrected chi connectivity index (χ0v) is 13.3. The highest BCUT2D eigenvalue weighted by atomic mass is 16.5. The molecule has 0 saturated carbocycles. The zero-order chi connectivity index (χ0) is 16.4. The maximum atomic E-state index is 12.6. The summed E-state index contributed by atoms with van der Waals surface area (Å²) in [6.45, 7) is 1.93. The van der Waals surface area contributed by atoms with Gasteiger partial charge in [-0.15, -0.1) is 0 Å². The Kier molecular flexibility index (Phi) is 3.86. The number of carbonyl (C=O) groups excluding carboxylic acids is 1. The second kappa shape index (κ2) is 6.16. The fraction of sp³-hybridized carbons (Fsp3) is 0.412. The molecule has 0 unspecified atom stereocenters. The normalized spacial score (nSPS) is 26.0. The van der Waals surface area contributed by atoms with Crippen LogP contribution >= 0.6 is 0 Å². The van der Waals surface area contributed by atoms with Crippen LogP contribution in [0.15, 0.2) is 43.0 Å². The SMILES string of the molecule is O=C(c1cccnc1)N1CC[C@@]2(C[C@H](Nc3ncccn3)CO2)C1. The van der Waals surface area contributed by atoms with Gasteiger partial charge in [0.15, 0.2) is 0 Å². The molecule has 1 N–H and O–H groups in total. The zero-order valence-electron chi connectivity index (χ0n) is 13.3. The lowest BCUT2D eigenvalue weighted by Gasteiger charge is -2.23. The van der Waals surface area contributed by atoms with Gasteiger partial charge in [-0.2, -0.15) is 0 Å². The highest BCUT2D eigenvalue weighted by Crippen LogP contribution is 2.36. The molecule has 2 saturated heterocycles. The Bertz CT molecular complexity index is 711. The van der Waals surface area contributed by atoms with E-state index in [2.05, 4.69) is 20.3 Å². The Labute approximate surface area is 140 Å². The van der Waals surface area contributed by atoms with Crippen LogP contribution in [0.1, 0.15) is 23.2 Å². The van der Waals surface area contributed by atoms with Gasteiger partial charge in [-0.25, -0.2) is 9.97 Å². The van der Waals surface area contributed by atoms with Crippen LogP contribution in [-0.4, -0.2) is 57.1 Å². The molecule has 2 atom stereocenters. The largest absolute Gasteiger partial charge is 0.371 e. The minimum Gasteiger partial charge on any atom is -0.371 e. The van der Waals surface area contributed by atoms with Gasteiger partial charge in [0.25, 0.3) is 5.91 Å². The van der Waals surface area contributed by atoms with Crippen molar-refractivity contribution in [3.63, 3.8) is 0 Å². The molecule has 7 heteroatoms. The summed E-state index contributed by atoms with van der Waals surface area (Å²) in [6.07, 6.45) is 8.41. The monoisotopic (exact) mass is 325 g/mol. The van der Waals surface area contributed by atoms with Crippen LogP contribution < -0.4 is 5.32 Å². The molecule has 2 aromatic rings. The summed E-state index contributed by atoms with van der Waals surface area (Å²) < 4.78 is 6.07. The van der Waals surface area contributed by atoms with E-state index in [1.54, 1.807) is 43.0 Å². The number of hydrogen-bond acceptors (Lipinski definition) is 6. The van der Waals surface area contributed by atoms with Crippen LogP contribution in [0.2, 0.25) is 0 Å². The van der Waals surface area contributed by atoms with Crippen molar-refractivity contribution in [3.05, 3.63) is 48.5 Å². The van der Waals surface area contributed by atoms with Gasteiger partial charge < -0.3 is 15.0 Å². The quantitative estimate of drug-likeness (QED) is 0.918. The van der Waals surface area contributed by atoms with Crippen LogP contribution in [-0.2, 0) is 4.74 Å². The predicted octanol–water partition coefficient (Wildman–Crippen LogP) is 1.36. The molecular weight excluding hydrogens is 306 g/mol. The topological polar surface area (TPSA) is 80.2 Å². The number of carbonyl (C=O) groups is 1. The molecule has 24 heavy (non-hydrogen) atoms. The number of rotatable bonds is 3. The number of ether oxygens (including phenoxy) is 1. The van der Waals surface area contributed by atoms with E-state index in [0.29, 0.717) is 31.2 Å². The number of anilines is 1. The van der Waals surface area contributed by atoms with Crippen LogP contribution in [0.3, 0.4) is 0 Å². The van der Waals surface area contributed by atoms with E-state index in [9.17, 15) is 4.79 Å². The summed E-state index contributed by atoms with van der Waals surface area (Å²) in [6, 6.07) is 5.54. The van der Waals surface area contributed by atoms with Crippen LogP contribution in [0.5, 0.6) is 0 Å². The maximum Gasteiger partial charge on any atom is 0.255 e.